The fourth-order valence-corrected chi connectivity index (χ4v) is 1.21. The zero-order valence-electron chi connectivity index (χ0n) is 9.55. The molecular weight excluding hydrogens is 220 g/mol. The van der Waals surface area contributed by atoms with Gasteiger partial charge in [0, 0.05) is 17.7 Å². The highest BCUT2D eigenvalue weighted by molar-refractivity contribution is 5.86. The number of rotatable bonds is 6. The first-order chi connectivity index (χ1) is 8.17. The summed E-state index contributed by atoms with van der Waals surface area (Å²) in [6.07, 6.45) is 4.15. The summed E-state index contributed by atoms with van der Waals surface area (Å²) in [5.41, 5.74) is 0.676. The van der Waals surface area contributed by atoms with Crippen LogP contribution in [0, 0.1) is 0 Å². The van der Waals surface area contributed by atoms with Crippen molar-refractivity contribution in [3.63, 3.8) is 0 Å². The average Bonchev–Trinajstić information content (AvgIpc) is 2.34. The third-order valence-electron chi connectivity index (χ3n) is 1.98. The Kier molecular flexibility index (Phi) is 4.81. The zero-order chi connectivity index (χ0) is 12.7. The van der Waals surface area contributed by atoms with Gasteiger partial charge in [0.25, 0.3) is 0 Å². The Bertz CT molecular complexity index is 435. The van der Waals surface area contributed by atoms with Crippen molar-refractivity contribution in [2.24, 2.45) is 0 Å². The van der Waals surface area contributed by atoms with Gasteiger partial charge in [-0.2, -0.15) is 0 Å². The molecule has 0 amide bonds. The van der Waals surface area contributed by atoms with Crippen molar-refractivity contribution in [2.45, 2.75) is 0 Å². The van der Waals surface area contributed by atoms with Gasteiger partial charge in [0.15, 0.2) is 0 Å². The fourth-order valence-electron chi connectivity index (χ4n) is 1.21. The molecule has 90 valence electrons. The van der Waals surface area contributed by atoms with Gasteiger partial charge in [0.1, 0.15) is 18.1 Å². The van der Waals surface area contributed by atoms with Crippen molar-refractivity contribution in [2.75, 3.05) is 13.7 Å². The number of hydrogen-bond donors (Lipinski definition) is 1. The largest absolute Gasteiger partial charge is 0.497 e. The SMILES string of the molecule is C=CCOc1cc(OC)ccc1/C=C/C(=O)O. The average molecular weight is 234 g/mol. The molecule has 0 heterocycles. The summed E-state index contributed by atoms with van der Waals surface area (Å²) >= 11 is 0. The summed E-state index contributed by atoms with van der Waals surface area (Å²) in [6, 6.07) is 5.17. The van der Waals surface area contributed by atoms with E-state index < -0.39 is 5.97 Å². The van der Waals surface area contributed by atoms with Gasteiger partial charge in [0.2, 0.25) is 0 Å². The molecule has 0 aromatic heterocycles. The molecule has 1 rings (SSSR count). The lowest BCUT2D eigenvalue weighted by molar-refractivity contribution is -0.131. The lowest BCUT2D eigenvalue weighted by Crippen LogP contribution is -1.96. The smallest absolute Gasteiger partial charge is 0.328 e. The molecule has 0 spiro atoms. The molecule has 4 heteroatoms. The maximum atomic E-state index is 10.5. The lowest BCUT2D eigenvalue weighted by Gasteiger charge is -2.09. The Morgan fingerprint density at radius 2 is 2.29 bits per heavy atom. The Morgan fingerprint density at radius 3 is 2.88 bits per heavy atom. The second-order valence-electron chi connectivity index (χ2n) is 3.18. The zero-order valence-corrected chi connectivity index (χ0v) is 9.55. The molecule has 0 saturated carbocycles. The molecule has 0 aliphatic carbocycles. The van der Waals surface area contributed by atoms with E-state index >= 15 is 0 Å². The van der Waals surface area contributed by atoms with Crippen LogP contribution in [0.3, 0.4) is 0 Å². The molecule has 0 atom stereocenters. The summed E-state index contributed by atoms with van der Waals surface area (Å²) in [7, 11) is 1.55. The highest BCUT2D eigenvalue weighted by Gasteiger charge is 2.03. The van der Waals surface area contributed by atoms with E-state index in [0.29, 0.717) is 23.7 Å². The van der Waals surface area contributed by atoms with Crippen LogP contribution in [0.5, 0.6) is 11.5 Å². The van der Waals surface area contributed by atoms with Crippen molar-refractivity contribution in [3.8, 4) is 11.5 Å². The maximum Gasteiger partial charge on any atom is 0.328 e. The van der Waals surface area contributed by atoms with E-state index in [0.717, 1.165) is 6.08 Å². The summed E-state index contributed by atoms with van der Waals surface area (Å²) in [5.74, 6) is 0.203. The Balaban J connectivity index is 3.00. The minimum atomic E-state index is -1.00. The minimum Gasteiger partial charge on any atom is -0.497 e. The van der Waals surface area contributed by atoms with Gasteiger partial charge in [0.05, 0.1) is 7.11 Å². The summed E-state index contributed by atoms with van der Waals surface area (Å²) in [4.78, 5) is 10.5. The molecule has 0 saturated heterocycles. The van der Waals surface area contributed by atoms with E-state index in [1.807, 2.05) is 0 Å². The van der Waals surface area contributed by atoms with Crippen LogP contribution in [0.25, 0.3) is 6.08 Å². The van der Waals surface area contributed by atoms with E-state index in [1.54, 1.807) is 31.4 Å². The van der Waals surface area contributed by atoms with E-state index in [2.05, 4.69) is 6.58 Å². The normalized spacial score (nSPS) is 10.2. The third-order valence-corrected chi connectivity index (χ3v) is 1.98. The first kappa shape index (κ1) is 12.8. The number of carboxylic acids is 1. The minimum absolute atomic E-state index is 0.348. The van der Waals surface area contributed by atoms with Crippen LogP contribution in [0.4, 0.5) is 0 Å². The molecule has 1 aromatic carbocycles. The highest BCUT2D eigenvalue weighted by atomic mass is 16.5. The maximum absolute atomic E-state index is 10.5. The number of ether oxygens (including phenoxy) is 2. The van der Waals surface area contributed by atoms with Crippen LogP contribution in [-0.4, -0.2) is 24.8 Å². The first-order valence-electron chi connectivity index (χ1n) is 5.00. The number of methoxy groups -OCH3 is 1. The van der Waals surface area contributed by atoms with Crippen molar-refractivity contribution < 1.29 is 19.4 Å². The summed E-state index contributed by atoms with van der Waals surface area (Å²) in [5, 5.41) is 8.57. The van der Waals surface area contributed by atoms with Crippen LogP contribution in [0.1, 0.15) is 5.56 Å². The molecule has 0 radical (unpaired) electrons. The first-order valence-corrected chi connectivity index (χ1v) is 5.00. The van der Waals surface area contributed by atoms with Crippen LogP contribution >= 0.6 is 0 Å². The molecule has 1 aromatic rings. The number of carbonyl (C=O) groups is 1. The molecule has 0 unspecified atom stereocenters. The lowest BCUT2D eigenvalue weighted by atomic mass is 10.1. The molecule has 0 bridgehead atoms. The van der Waals surface area contributed by atoms with Crippen LogP contribution in [0.2, 0.25) is 0 Å². The summed E-state index contributed by atoms with van der Waals surface area (Å²) < 4.78 is 10.5. The van der Waals surface area contributed by atoms with E-state index in [1.165, 1.54) is 6.08 Å². The van der Waals surface area contributed by atoms with Gasteiger partial charge in [-0.3, -0.25) is 0 Å². The van der Waals surface area contributed by atoms with Crippen molar-refractivity contribution in [1.29, 1.82) is 0 Å². The molecule has 0 aliphatic heterocycles. The predicted molar refractivity (Wildman–Crippen MR) is 65.4 cm³/mol. The van der Waals surface area contributed by atoms with Crippen molar-refractivity contribution in [1.82, 2.24) is 0 Å². The standard InChI is InChI=1S/C13H14O4/c1-3-8-17-12-9-11(16-2)6-4-10(12)5-7-13(14)15/h3-7,9H,1,8H2,2H3,(H,14,15)/b7-5+. The molecule has 1 N–H and O–H groups in total. The second kappa shape index (κ2) is 6.37. The Labute approximate surface area is 99.8 Å². The van der Waals surface area contributed by atoms with Gasteiger partial charge in [-0.15, -0.1) is 0 Å². The predicted octanol–water partition coefficient (Wildman–Crippen LogP) is 2.36. The van der Waals surface area contributed by atoms with Gasteiger partial charge in [-0.1, -0.05) is 12.7 Å². The number of carboxylic acid groups (broad SMARTS) is 1. The quantitative estimate of drug-likeness (QED) is 0.606. The van der Waals surface area contributed by atoms with Gasteiger partial charge >= 0.3 is 5.97 Å². The topological polar surface area (TPSA) is 55.8 Å². The van der Waals surface area contributed by atoms with Gasteiger partial charge < -0.3 is 14.6 Å². The van der Waals surface area contributed by atoms with E-state index in [-0.39, 0.29) is 0 Å². The highest BCUT2D eigenvalue weighted by Crippen LogP contribution is 2.26. The Hall–Kier alpha value is -2.23. The monoisotopic (exact) mass is 234 g/mol. The molecule has 0 fully saturated rings. The van der Waals surface area contributed by atoms with Gasteiger partial charge in [-0.25, -0.2) is 4.79 Å². The number of aliphatic carboxylic acids is 1. The third kappa shape index (κ3) is 4.03. The Morgan fingerprint density at radius 1 is 1.53 bits per heavy atom. The molecule has 17 heavy (non-hydrogen) atoms. The molecule has 4 nitrogen and oxygen atoms in total. The van der Waals surface area contributed by atoms with Gasteiger partial charge in [-0.05, 0) is 18.2 Å². The molecular formula is C13H14O4. The number of benzene rings is 1. The van der Waals surface area contributed by atoms with Crippen LogP contribution in [-0.2, 0) is 4.79 Å². The van der Waals surface area contributed by atoms with Crippen LogP contribution < -0.4 is 9.47 Å². The van der Waals surface area contributed by atoms with Crippen molar-refractivity contribution in [3.05, 3.63) is 42.5 Å². The van der Waals surface area contributed by atoms with Crippen LogP contribution in [0.15, 0.2) is 36.9 Å². The fraction of sp³-hybridized carbons (Fsp3) is 0.154. The second-order valence-corrected chi connectivity index (χ2v) is 3.18. The summed E-state index contributed by atoms with van der Waals surface area (Å²) in [6.45, 7) is 3.90. The van der Waals surface area contributed by atoms with E-state index in [9.17, 15) is 4.79 Å². The van der Waals surface area contributed by atoms with E-state index in [4.69, 9.17) is 14.6 Å². The number of hydrogen-bond acceptors (Lipinski definition) is 3. The molecule has 0 aliphatic rings. The van der Waals surface area contributed by atoms with Crippen molar-refractivity contribution >= 4 is 12.0 Å².